The van der Waals surface area contributed by atoms with Crippen molar-refractivity contribution in [2.45, 2.75) is 19.3 Å². The molecule has 2 N–H and O–H groups in total. The summed E-state index contributed by atoms with van der Waals surface area (Å²) in [6.07, 6.45) is 4.86. The second kappa shape index (κ2) is 8.23. The van der Waals surface area contributed by atoms with E-state index in [0.29, 0.717) is 11.4 Å². The number of carbonyl (C=O) groups is 2. The zero-order valence-electron chi connectivity index (χ0n) is 14.6. The third kappa shape index (κ3) is 4.55. The van der Waals surface area contributed by atoms with Gasteiger partial charge in [0.15, 0.2) is 5.88 Å². The van der Waals surface area contributed by atoms with Crippen molar-refractivity contribution < 1.29 is 19.1 Å². The molecule has 1 saturated heterocycles. The van der Waals surface area contributed by atoms with Gasteiger partial charge in [0.25, 0.3) is 5.91 Å². The minimum atomic E-state index is -1.05. The average molecular weight is 365 g/mol. The van der Waals surface area contributed by atoms with E-state index in [4.69, 9.17) is 9.52 Å². The number of piperidine rings is 1. The van der Waals surface area contributed by atoms with E-state index in [0.717, 1.165) is 31.8 Å². The summed E-state index contributed by atoms with van der Waals surface area (Å²) < 4.78 is 5.75. The van der Waals surface area contributed by atoms with Crippen molar-refractivity contribution in [2.24, 2.45) is 0 Å². The number of carboxylic acids is 1. The summed E-state index contributed by atoms with van der Waals surface area (Å²) in [5, 5.41) is 20.8. The molecule has 0 unspecified atom stereocenters. The molecule has 1 fully saturated rings. The largest absolute Gasteiger partial charge is 0.478 e. The van der Waals surface area contributed by atoms with Crippen LogP contribution in [0.15, 0.2) is 46.4 Å². The van der Waals surface area contributed by atoms with E-state index < -0.39 is 11.9 Å². The summed E-state index contributed by atoms with van der Waals surface area (Å²) in [5.74, 6) is -0.462. The molecule has 0 aliphatic carbocycles. The van der Waals surface area contributed by atoms with E-state index in [1.165, 1.54) is 36.8 Å². The van der Waals surface area contributed by atoms with Gasteiger partial charge < -0.3 is 19.7 Å². The van der Waals surface area contributed by atoms with Gasteiger partial charge in [0.2, 0.25) is 0 Å². The second-order valence-electron chi connectivity index (χ2n) is 6.23. The Morgan fingerprint density at radius 3 is 2.44 bits per heavy atom. The molecule has 1 aromatic heterocycles. The van der Waals surface area contributed by atoms with Crippen LogP contribution in [-0.4, -0.2) is 30.1 Å². The first kappa shape index (κ1) is 18.3. The molecule has 2 aromatic rings. The van der Waals surface area contributed by atoms with E-state index >= 15 is 0 Å². The number of nitriles is 1. The number of rotatable bonds is 5. The van der Waals surface area contributed by atoms with Crippen LogP contribution in [0.25, 0.3) is 6.08 Å². The van der Waals surface area contributed by atoms with Gasteiger partial charge in [-0.2, -0.15) is 5.26 Å². The van der Waals surface area contributed by atoms with E-state index in [-0.39, 0.29) is 11.1 Å². The third-order valence-corrected chi connectivity index (χ3v) is 4.32. The summed E-state index contributed by atoms with van der Waals surface area (Å²) >= 11 is 0. The fourth-order valence-corrected chi connectivity index (χ4v) is 2.89. The van der Waals surface area contributed by atoms with Crippen LogP contribution in [-0.2, 0) is 4.79 Å². The number of hydrogen-bond donors (Lipinski definition) is 2. The molecule has 0 saturated carbocycles. The van der Waals surface area contributed by atoms with Crippen LogP contribution in [0.3, 0.4) is 0 Å². The van der Waals surface area contributed by atoms with E-state index in [1.807, 2.05) is 12.1 Å². The molecule has 7 nitrogen and oxygen atoms in total. The highest BCUT2D eigenvalue weighted by molar-refractivity contribution is 6.09. The topological polar surface area (TPSA) is 107 Å². The van der Waals surface area contributed by atoms with Gasteiger partial charge >= 0.3 is 5.97 Å². The summed E-state index contributed by atoms with van der Waals surface area (Å²) in [6, 6.07) is 11.1. The normalized spacial score (nSPS) is 14.5. The molecule has 7 heteroatoms. The molecule has 0 atom stereocenters. The number of furan rings is 1. The Kier molecular flexibility index (Phi) is 5.57. The van der Waals surface area contributed by atoms with Crippen molar-refractivity contribution in [3.05, 3.63) is 53.3 Å². The molecule has 0 bridgehead atoms. The molecule has 2 heterocycles. The quantitative estimate of drug-likeness (QED) is 0.620. The van der Waals surface area contributed by atoms with Gasteiger partial charge in [-0.3, -0.25) is 4.79 Å². The highest BCUT2D eigenvalue weighted by Gasteiger charge is 2.15. The first-order valence-corrected chi connectivity index (χ1v) is 8.68. The van der Waals surface area contributed by atoms with Crippen molar-refractivity contribution in [3.8, 4) is 6.07 Å². The first-order chi connectivity index (χ1) is 13.1. The standard InChI is InChI=1S/C20H19N3O4/c21-13-15(19(24)22-16-6-4-14(5-7-16)20(25)26)12-17-8-9-18(27-17)23-10-2-1-3-11-23/h4-9,12H,1-3,10-11H2,(H,22,24)(H,25,26). The Bertz CT molecular complexity index is 900. The Morgan fingerprint density at radius 1 is 1.11 bits per heavy atom. The molecule has 0 radical (unpaired) electrons. The van der Waals surface area contributed by atoms with E-state index in [2.05, 4.69) is 10.2 Å². The molecule has 1 aliphatic heterocycles. The summed E-state index contributed by atoms with van der Waals surface area (Å²) in [5.41, 5.74) is 0.418. The van der Waals surface area contributed by atoms with Crippen molar-refractivity contribution in [1.29, 1.82) is 5.26 Å². The van der Waals surface area contributed by atoms with Crippen LogP contribution in [0.5, 0.6) is 0 Å². The molecular formula is C20H19N3O4. The molecule has 1 amide bonds. The summed E-state index contributed by atoms with van der Waals surface area (Å²) in [4.78, 5) is 25.3. The van der Waals surface area contributed by atoms with Gasteiger partial charge in [-0.25, -0.2) is 4.79 Å². The Balaban J connectivity index is 1.70. The lowest BCUT2D eigenvalue weighted by Crippen LogP contribution is -2.28. The molecular weight excluding hydrogens is 346 g/mol. The number of amides is 1. The van der Waals surface area contributed by atoms with E-state index in [9.17, 15) is 14.9 Å². The maximum atomic E-state index is 12.3. The smallest absolute Gasteiger partial charge is 0.335 e. The first-order valence-electron chi connectivity index (χ1n) is 8.68. The molecule has 1 aliphatic rings. The number of carboxylic acid groups (broad SMARTS) is 1. The monoisotopic (exact) mass is 365 g/mol. The van der Waals surface area contributed by atoms with Crippen molar-refractivity contribution >= 4 is 29.5 Å². The maximum absolute atomic E-state index is 12.3. The molecule has 1 aromatic carbocycles. The number of nitrogens with zero attached hydrogens (tertiary/aromatic N) is 2. The Hall–Kier alpha value is -3.53. The Labute approximate surface area is 156 Å². The van der Waals surface area contributed by atoms with Crippen LogP contribution >= 0.6 is 0 Å². The average Bonchev–Trinajstić information content (AvgIpc) is 3.16. The van der Waals surface area contributed by atoms with Crippen LogP contribution < -0.4 is 10.2 Å². The van der Waals surface area contributed by atoms with Gasteiger partial charge in [0, 0.05) is 30.9 Å². The summed E-state index contributed by atoms with van der Waals surface area (Å²) in [6.45, 7) is 1.88. The number of aromatic carboxylic acids is 1. The lowest BCUT2D eigenvalue weighted by atomic mass is 10.1. The minimum absolute atomic E-state index is 0.100. The number of carbonyl (C=O) groups excluding carboxylic acids is 1. The molecule has 138 valence electrons. The zero-order chi connectivity index (χ0) is 19.2. The molecule has 3 rings (SSSR count). The second-order valence-corrected chi connectivity index (χ2v) is 6.23. The number of benzene rings is 1. The fraction of sp³-hybridized carbons (Fsp3) is 0.250. The van der Waals surface area contributed by atoms with Crippen molar-refractivity contribution in [2.75, 3.05) is 23.3 Å². The Morgan fingerprint density at radius 2 is 1.81 bits per heavy atom. The summed E-state index contributed by atoms with van der Waals surface area (Å²) in [7, 11) is 0. The van der Waals surface area contributed by atoms with Crippen LogP contribution in [0.4, 0.5) is 11.6 Å². The van der Waals surface area contributed by atoms with Gasteiger partial charge in [-0.1, -0.05) is 0 Å². The predicted octanol–water partition coefficient (Wildman–Crippen LogP) is 3.51. The predicted molar refractivity (Wildman–Crippen MR) is 100 cm³/mol. The van der Waals surface area contributed by atoms with Gasteiger partial charge in [-0.15, -0.1) is 0 Å². The maximum Gasteiger partial charge on any atom is 0.335 e. The van der Waals surface area contributed by atoms with Gasteiger partial charge in [-0.05, 0) is 49.6 Å². The number of nitrogens with one attached hydrogen (secondary N) is 1. The minimum Gasteiger partial charge on any atom is -0.478 e. The SMILES string of the molecule is N#CC(=Cc1ccc(N2CCCCC2)o1)C(=O)Nc1ccc(C(=O)O)cc1. The van der Waals surface area contributed by atoms with E-state index in [1.54, 1.807) is 6.07 Å². The van der Waals surface area contributed by atoms with Crippen LogP contribution in [0, 0.1) is 11.3 Å². The lowest BCUT2D eigenvalue weighted by Gasteiger charge is -2.25. The van der Waals surface area contributed by atoms with Crippen LogP contribution in [0.1, 0.15) is 35.4 Å². The molecule has 27 heavy (non-hydrogen) atoms. The van der Waals surface area contributed by atoms with Crippen molar-refractivity contribution in [3.63, 3.8) is 0 Å². The van der Waals surface area contributed by atoms with Gasteiger partial charge in [0.05, 0.1) is 5.56 Å². The zero-order valence-corrected chi connectivity index (χ0v) is 14.6. The highest BCUT2D eigenvalue weighted by atomic mass is 16.4. The van der Waals surface area contributed by atoms with Crippen LogP contribution in [0.2, 0.25) is 0 Å². The van der Waals surface area contributed by atoms with Gasteiger partial charge in [0.1, 0.15) is 17.4 Å². The van der Waals surface area contributed by atoms with Crippen molar-refractivity contribution in [1.82, 2.24) is 0 Å². The molecule has 0 spiro atoms. The lowest BCUT2D eigenvalue weighted by molar-refractivity contribution is -0.112. The number of hydrogen-bond acceptors (Lipinski definition) is 5. The third-order valence-electron chi connectivity index (χ3n) is 4.32. The number of anilines is 2. The fourth-order valence-electron chi connectivity index (χ4n) is 2.89. The highest BCUT2D eigenvalue weighted by Crippen LogP contribution is 2.24.